The van der Waals surface area contributed by atoms with E-state index in [-0.39, 0.29) is 6.04 Å². The van der Waals surface area contributed by atoms with Gasteiger partial charge in [-0.1, -0.05) is 6.92 Å². The summed E-state index contributed by atoms with van der Waals surface area (Å²) in [5.74, 6) is 1.41. The average molecular weight is 286 g/mol. The fraction of sp³-hybridized carbons (Fsp3) is 0.692. The van der Waals surface area contributed by atoms with Gasteiger partial charge in [0.2, 0.25) is 0 Å². The second-order valence-corrected chi connectivity index (χ2v) is 7.09. The molecule has 5 nitrogen and oxygen atoms in total. The molecule has 0 amide bonds. The number of hydrogen-bond donors (Lipinski definition) is 1. The summed E-state index contributed by atoms with van der Waals surface area (Å²) >= 11 is 0. The molecule has 0 saturated carbocycles. The Kier molecular flexibility index (Phi) is 4.65. The third-order valence-electron chi connectivity index (χ3n) is 3.52. The molecule has 1 fully saturated rings. The summed E-state index contributed by atoms with van der Waals surface area (Å²) in [4.78, 5) is 0. The summed E-state index contributed by atoms with van der Waals surface area (Å²) in [5, 5.41) is 0. The summed E-state index contributed by atoms with van der Waals surface area (Å²) in [7, 11) is -3.37. The molecular formula is C13H22N2O3S. The van der Waals surface area contributed by atoms with Crippen LogP contribution in [0, 0.1) is 5.92 Å². The lowest BCUT2D eigenvalue weighted by Crippen LogP contribution is -2.47. The molecule has 1 N–H and O–H groups in total. The molecule has 1 saturated heterocycles. The Labute approximate surface area is 115 Å². The highest BCUT2D eigenvalue weighted by Gasteiger charge is 2.27. The zero-order chi connectivity index (χ0) is 13.9. The van der Waals surface area contributed by atoms with Gasteiger partial charge >= 0.3 is 0 Å². The van der Waals surface area contributed by atoms with Crippen LogP contribution in [-0.2, 0) is 16.6 Å². The molecule has 19 heavy (non-hydrogen) atoms. The third-order valence-corrected chi connectivity index (χ3v) is 5.27. The van der Waals surface area contributed by atoms with Gasteiger partial charge in [-0.3, -0.25) is 0 Å². The highest BCUT2D eigenvalue weighted by Crippen LogP contribution is 2.18. The second-order valence-electron chi connectivity index (χ2n) is 5.39. The van der Waals surface area contributed by atoms with Gasteiger partial charge in [-0.15, -0.1) is 0 Å². The predicted octanol–water partition coefficient (Wildman–Crippen LogP) is 1.78. The Morgan fingerprint density at radius 3 is 2.74 bits per heavy atom. The van der Waals surface area contributed by atoms with E-state index in [4.69, 9.17) is 4.42 Å². The number of nitrogens with one attached hydrogen (secondary N) is 1. The molecule has 1 aromatic heterocycles. The van der Waals surface area contributed by atoms with Crippen molar-refractivity contribution >= 4 is 10.2 Å². The van der Waals surface area contributed by atoms with Gasteiger partial charge in [0.15, 0.2) is 0 Å². The minimum absolute atomic E-state index is 0.171. The molecule has 1 aliphatic rings. The van der Waals surface area contributed by atoms with Crippen LogP contribution in [0.3, 0.4) is 0 Å². The summed E-state index contributed by atoms with van der Waals surface area (Å²) in [6, 6.07) is 3.49. The highest BCUT2D eigenvalue weighted by molar-refractivity contribution is 7.87. The Bertz CT molecular complexity index is 476. The normalized spacial score (nSPS) is 20.5. The molecule has 1 aliphatic heterocycles. The van der Waals surface area contributed by atoms with E-state index in [1.165, 1.54) is 0 Å². The molecule has 2 rings (SSSR count). The van der Waals surface area contributed by atoms with Gasteiger partial charge in [0.05, 0.1) is 6.26 Å². The molecule has 0 unspecified atom stereocenters. The maximum Gasteiger partial charge on any atom is 0.279 e. The van der Waals surface area contributed by atoms with Gasteiger partial charge in [0.25, 0.3) is 10.2 Å². The van der Waals surface area contributed by atoms with Crippen molar-refractivity contribution in [2.45, 2.75) is 39.2 Å². The number of nitrogens with zero attached hydrogens (tertiary/aromatic N) is 1. The fourth-order valence-electron chi connectivity index (χ4n) is 2.33. The number of piperidine rings is 1. The molecule has 1 atom stereocenters. The van der Waals surface area contributed by atoms with Crippen LogP contribution in [0.15, 0.2) is 22.8 Å². The Morgan fingerprint density at radius 1 is 1.47 bits per heavy atom. The van der Waals surface area contributed by atoms with E-state index in [1.54, 1.807) is 10.6 Å². The number of furan rings is 1. The van der Waals surface area contributed by atoms with Gasteiger partial charge in [0.1, 0.15) is 5.76 Å². The molecule has 0 spiro atoms. The lowest BCUT2D eigenvalue weighted by atomic mass is 10.0. The Morgan fingerprint density at radius 2 is 2.16 bits per heavy atom. The molecule has 0 aromatic carbocycles. The first-order valence-electron chi connectivity index (χ1n) is 6.77. The standard InChI is InChI=1S/C13H22N2O3S/c1-11-5-7-15(8-6-11)19(16,17)14-12(2)10-13-4-3-9-18-13/h3-4,9,11-12,14H,5-8,10H2,1-2H3/t12-/m0/s1. The molecule has 0 radical (unpaired) electrons. The van der Waals surface area contributed by atoms with E-state index < -0.39 is 10.2 Å². The number of rotatable bonds is 5. The summed E-state index contributed by atoms with van der Waals surface area (Å²) in [5.41, 5.74) is 0. The van der Waals surface area contributed by atoms with Crippen LogP contribution in [0.4, 0.5) is 0 Å². The monoisotopic (exact) mass is 286 g/mol. The second kappa shape index (κ2) is 6.07. The van der Waals surface area contributed by atoms with Crippen molar-refractivity contribution < 1.29 is 12.8 Å². The van der Waals surface area contributed by atoms with Crippen LogP contribution in [0.25, 0.3) is 0 Å². The van der Waals surface area contributed by atoms with Gasteiger partial charge in [-0.05, 0) is 37.8 Å². The summed E-state index contributed by atoms with van der Waals surface area (Å²) in [6.45, 7) is 5.25. The van der Waals surface area contributed by atoms with Crippen molar-refractivity contribution in [3.8, 4) is 0 Å². The number of hydrogen-bond acceptors (Lipinski definition) is 3. The van der Waals surface area contributed by atoms with E-state index in [0.717, 1.165) is 18.6 Å². The summed E-state index contributed by atoms with van der Waals surface area (Å²) in [6.07, 6.45) is 4.04. The topological polar surface area (TPSA) is 62.6 Å². The van der Waals surface area contributed by atoms with Gasteiger partial charge < -0.3 is 4.42 Å². The molecule has 6 heteroatoms. The van der Waals surface area contributed by atoms with Crippen LogP contribution >= 0.6 is 0 Å². The molecular weight excluding hydrogens is 264 g/mol. The van der Waals surface area contributed by atoms with Crippen molar-refractivity contribution in [3.63, 3.8) is 0 Å². The highest BCUT2D eigenvalue weighted by atomic mass is 32.2. The van der Waals surface area contributed by atoms with Crippen LogP contribution in [0.1, 0.15) is 32.4 Å². The van der Waals surface area contributed by atoms with Crippen LogP contribution in [-0.4, -0.2) is 31.9 Å². The minimum Gasteiger partial charge on any atom is -0.469 e. The summed E-state index contributed by atoms with van der Waals surface area (Å²) < 4.78 is 33.9. The fourth-order valence-corrected chi connectivity index (χ4v) is 3.76. The smallest absolute Gasteiger partial charge is 0.279 e. The molecule has 108 valence electrons. The van der Waals surface area contributed by atoms with Crippen molar-refractivity contribution in [1.29, 1.82) is 0 Å². The van der Waals surface area contributed by atoms with Gasteiger partial charge in [0, 0.05) is 25.6 Å². The molecule has 0 bridgehead atoms. The Balaban J connectivity index is 1.89. The van der Waals surface area contributed by atoms with Crippen LogP contribution in [0.2, 0.25) is 0 Å². The predicted molar refractivity (Wildman–Crippen MR) is 73.9 cm³/mol. The quantitative estimate of drug-likeness (QED) is 0.897. The first-order valence-corrected chi connectivity index (χ1v) is 8.21. The van der Waals surface area contributed by atoms with Crippen molar-refractivity contribution in [2.75, 3.05) is 13.1 Å². The average Bonchev–Trinajstić information content (AvgIpc) is 2.81. The molecule has 1 aromatic rings. The van der Waals surface area contributed by atoms with E-state index in [2.05, 4.69) is 11.6 Å². The lowest BCUT2D eigenvalue weighted by Gasteiger charge is -2.30. The SMILES string of the molecule is CC1CCN(S(=O)(=O)N[C@@H](C)Cc2ccco2)CC1. The van der Waals surface area contributed by atoms with Gasteiger partial charge in [-0.2, -0.15) is 17.4 Å². The van der Waals surface area contributed by atoms with Crippen LogP contribution < -0.4 is 4.72 Å². The van der Waals surface area contributed by atoms with E-state index >= 15 is 0 Å². The molecule has 2 heterocycles. The third kappa shape index (κ3) is 4.06. The zero-order valence-electron chi connectivity index (χ0n) is 11.5. The Hall–Kier alpha value is -0.850. The largest absolute Gasteiger partial charge is 0.469 e. The van der Waals surface area contributed by atoms with E-state index in [0.29, 0.717) is 25.4 Å². The van der Waals surface area contributed by atoms with E-state index in [1.807, 2.05) is 19.1 Å². The van der Waals surface area contributed by atoms with Crippen molar-refractivity contribution in [2.24, 2.45) is 5.92 Å². The van der Waals surface area contributed by atoms with Crippen molar-refractivity contribution in [1.82, 2.24) is 9.03 Å². The van der Waals surface area contributed by atoms with Gasteiger partial charge in [-0.25, -0.2) is 0 Å². The minimum atomic E-state index is -3.37. The van der Waals surface area contributed by atoms with Crippen molar-refractivity contribution in [3.05, 3.63) is 24.2 Å². The maximum absolute atomic E-state index is 12.2. The first-order chi connectivity index (χ1) is 8.97. The molecule has 0 aliphatic carbocycles. The lowest BCUT2D eigenvalue weighted by molar-refractivity contribution is 0.283. The first kappa shape index (κ1) is 14.6. The maximum atomic E-state index is 12.2. The van der Waals surface area contributed by atoms with E-state index in [9.17, 15) is 8.42 Å². The van der Waals surface area contributed by atoms with Crippen LogP contribution in [0.5, 0.6) is 0 Å². The zero-order valence-corrected chi connectivity index (χ0v) is 12.3.